The van der Waals surface area contributed by atoms with Crippen molar-refractivity contribution in [2.24, 2.45) is 10.2 Å². The number of sulfone groups is 2. The fourth-order valence-corrected chi connectivity index (χ4v) is 6.68. The number of nitrogens with zero attached hydrogens (tertiary/aromatic N) is 6. The van der Waals surface area contributed by atoms with Gasteiger partial charge in [0.25, 0.3) is 10.1 Å². The van der Waals surface area contributed by atoms with Gasteiger partial charge in [0, 0.05) is 29.3 Å². The lowest BCUT2D eigenvalue weighted by atomic mass is 10.1. The lowest BCUT2D eigenvalue weighted by Gasteiger charge is -2.22. The minimum Gasteiger partial charge on any atom is -0.505 e. The first-order valence-corrected chi connectivity index (χ1v) is 19.6. The summed E-state index contributed by atoms with van der Waals surface area (Å²) < 4.78 is 82.9. The van der Waals surface area contributed by atoms with E-state index >= 15 is 0 Å². The van der Waals surface area contributed by atoms with Crippen molar-refractivity contribution in [1.82, 2.24) is 15.0 Å². The van der Waals surface area contributed by atoms with Crippen molar-refractivity contribution in [3.05, 3.63) is 96.0 Å². The molecule has 0 aliphatic rings. The number of phenolic OH excluding ortho intramolecular Hbond substituents is 1. The molecule has 260 valence electrons. The predicted octanol–water partition coefficient (Wildman–Crippen LogP) is 5.87. The van der Waals surface area contributed by atoms with Gasteiger partial charge >= 0.3 is 0 Å². The number of benzene rings is 4. The first kappa shape index (κ1) is 36.3. The number of nitrogens with one attached hydrogen (secondary N) is 1. The zero-order valence-electron chi connectivity index (χ0n) is 25.9. The molecule has 5 aromatic rings. The molecule has 0 aliphatic carbocycles. The maximum absolute atomic E-state index is 12.2. The summed E-state index contributed by atoms with van der Waals surface area (Å²) in [7, 11) is -12.2. The molecule has 1 aromatic heterocycles. The minimum absolute atomic E-state index is 0.0145. The molecule has 0 unspecified atom stereocenters. The molecule has 1 heterocycles. The van der Waals surface area contributed by atoms with E-state index in [-0.39, 0.29) is 47.1 Å². The van der Waals surface area contributed by atoms with E-state index in [1.807, 2.05) is 36.4 Å². The van der Waals surface area contributed by atoms with Crippen molar-refractivity contribution in [3.63, 3.8) is 0 Å². The second-order valence-corrected chi connectivity index (χ2v) is 16.5. The first-order valence-electron chi connectivity index (χ1n) is 14.4. The summed E-state index contributed by atoms with van der Waals surface area (Å²) in [4.78, 5) is 13.0. The molecule has 0 radical (unpaired) electrons. The molecule has 50 heavy (non-hydrogen) atoms. The van der Waals surface area contributed by atoms with Crippen molar-refractivity contribution in [2.45, 2.75) is 4.90 Å². The molecule has 5 rings (SSSR count). The smallest absolute Gasteiger partial charge is 0.294 e. The second-order valence-electron chi connectivity index (χ2n) is 10.6. The summed E-state index contributed by atoms with van der Waals surface area (Å²) in [5.74, 6) is -1.89. The Morgan fingerprint density at radius 1 is 0.800 bits per heavy atom. The standard InChI is InChI=1S/C31H28ClN7O8S3/c1-3-48(41,42)15-13-39(14-16-49(43,44)4-2)31-35-29(32)34-30(36-31)33-26-19-24(50(45,46)47)18-22-10-12-25(28(40)27(22)26)38-37-23-11-9-20-7-5-6-8-21(20)17-23/h3-12,17-19,40H,1-2,13-16H2,(H,45,46,47)(H,33,34,35,36). The summed E-state index contributed by atoms with van der Waals surface area (Å²) in [5.41, 5.74) is 0.404. The molecule has 3 N–H and O–H groups in total. The Hall–Kier alpha value is -5.01. The van der Waals surface area contributed by atoms with E-state index in [0.717, 1.165) is 33.7 Å². The van der Waals surface area contributed by atoms with Crippen molar-refractivity contribution >= 4 is 91.9 Å². The Morgan fingerprint density at radius 2 is 1.44 bits per heavy atom. The van der Waals surface area contributed by atoms with Gasteiger partial charge in [0.15, 0.2) is 25.4 Å². The van der Waals surface area contributed by atoms with E-state index in [4.69, 9.17) is 11.6 Å². The van der Waals surface area contributed by atoms with Crippen molar-refractivity contribution in [1.29, 1.82) is 0 Å². The van der Waals surface area contributed by atoms with Crippen LogP contribution in [0, 0.1) is 0 Å². The summed E-state index contributed by atoms with van der Waals surface area (Å²) in [6.07, 6.45) is 0. The maximum atomic E-state index is 12.2. The Labute approximate surface area is 292 Å². The second kappa shape index (κ2) is 14.5. The zero-order valence-corrected chi connectivity index (χ0v) is 29.1. The number of aromatic nitrogens is 3. The Bertz CT molecular complexity index is 2470. The molecule has 0 spiro atoms. The van der Waals surface area contributed by atoms with E-state index in [0.29, 0.717) is 5.69 Å². The first-order chi connectivity index (χ1) is 23.6. The number of fused-ring (bicyclic) bond motifs is 2. The highest BCUT2D eigenvalue weighted by Gasteiger charge is 2.21. The van der Waals surface area contributed by atoms with Gasteiger partial charge in [-0.3, -0.25) is 4.55 Å². The molecule has 0 bridgehead atoms. The maximum Gasteiger partial charge on any atom is 0.294 e. The van der Waals surface area contributed by atoms with Gasteiger partial charge in [-0.25, -0.2) is 16.8 Å². The van der Waals surface area contributed by atoms with Gasteiger partial charge in [0.2, 0.25) is 17.2 Å². The lowest BCUT2D eigenvalue weighted by Crippen LogP contribution is -2.34. The minimum atomic E-state index is -4.75. The molecule has 0 fully saturated rings. The monoisotopic (exact) mass is 757 g/mol. The van der Waals surface area contributed by atoms with Crippen LogP contribution in [0.5, 0.6) is 5.75 Å². The fourth-order valence-electron chi connectivity index (χ4n) is 4.70. The number of hydrogen-bond acceptors (Lipinski definition) is 14. The molecule has 0 aliphatic heterocycles. The highest BCUT2D eigenvalue weighted by Crippen LogP contribution is 2.42. The number of azo groups is 1. The molecule has 19 heteroatoms. The molecular weight excluding hydrogens is 730 g/mol. The van der Waals surface area contributed by atoms with Crippen LogP contribution in [-0.2, 0) is 29.8 Å². The van der Waals surface area contributed by atoms with Crippen LogP contribution >= 0.6 is 11.6 Å². The number of phenols is 1. The zero-order chi connectivity index (χ0) is 36.3. The van der Waals surface area contributed by atoms with Gasteiger partial charge in [-0.05, 0) is 58.1 Å². The molecule has 15 nitrogen and oxygen atoms in total. The number of aromatic hydroxyl groups is 1. The van der Waals surface area contributed by atoms with Crippen LogP contribution in [0.1, 0.15) is 0 Å². The summed E-state index contributed by atoms with van der Waals surface area (Å²) in [6.45, 7) is 6.01. The average molecular weight is 758 g/mol. The fraction of sp³-hybridized carbons (Fsp3) is 0.129. The van der Waals surface area contributed by atoms with Crippen molar-refractivity contribution in [2.75, 3.05) is 34.8 Å². The number of anilines is 3. The topological polar surface area (TPSA) is 222 Å². The van der Waals surface area contributed by atoms with Gasteiger partial charge in [-0.2, -0.15) is 28.5 Å². The van der Waals surface area contributed by atoms with Gasteiger partial charge < -0.3 is 15.3 Å². The lowest BCUT2D eigenvalue weighted by molar-refractivity contribution is 0.480. The Balaban J connectivity index is 1.57. The molecule has 0 amide bonds. The van der Waals surface area contributed by atoms with Crippen molar-refractivity contribution in [3.8, 4) is 5.75 Å². The Morgan fingerprint density at radius 3 is 2.08 bits per heavy atom. The van der Waals surface area contributed by atoms with Gasteiger partial charge in [-0.15, -0.1) is 5.11 Å². The third-order valence-corrected chi connectivity index (χ3v) is 10.8. The molecule has 0 saturated heterocycles. The molecule has 0 saturated carbocycles. The summed E-state index contributed by atoms with van der Waals surface area (Å²) in [6, 6.07) is 18.1. The van der Waals surface area contributed by atoms with E-state index in [9.17, 15) is 34.9 Å². The van der Waals surface area contributed by atoms with Gasteiger partial charge in [-0.1, -0.05) is 49.6 Å². The summed E-state index contributed by atoms with van der Waals surface area (Å²) in [5, 5.41) is 25.8. The van der Waals surface area contributed by atoms with Crippen molar-refractivity contribution < 1.29 is 34.9 Å². The van der Waals surface area contributed by atoms with Crippen LogP contribution in [0.3, 0.4) is 0 Å². The largest absolute Gasteiger partial charge is 0.505 e. The Kier molecular flexibility index (Phi) is 10.5. The van der Waals surface area contributed by atoms with E-state index < -0.39 is 57.2 Å². The predicted molar refractivity (Wildman–Crippen MR) is 192 cm³/mol. The van der Waals surface area contributed by atoms with Gasteiger partial charge in [0.05, 0.1) is 27.8 Å². The van der Waals surface area contributed by atoms with Crippen LogP contribution < -0.4 is 10.2 Å². The average Bonchev–Trinajstić information content (AvgIpc) is 3.07. The SMILES string of the molecule is C=CS(=O)(=O)CCN(CCS(=O)(=O)C=C)c1nc(Cl)nc(Nc2cc(S(=O)(=O)O)cc3ccc(N=Nc4ccc5ccccc5c4)c(O)c23)n1. The highest BCUT2D eigenvalue weighted by molar-refractivity contribution is 7.94. The molecular formula is C31H28ClN7O8S3. The van der Waals surface area contributed by atoms with Crippen LogP contribution in [0.4, 0.5) is 29.0 Å². The third kappa shape index (κ3) is 8.77. The van der Waals surface area contributed by atoms with Crippen LogP contribution in [0.2, 0.25) is 5.28 Å². The number of rotatable bonds is 14. The number of halogens is 1. The van der Waals surface area contributed by atoms with E-state index in [2.05, 4.69) is 43.7 Å². The normalized spacial score (nSPS) is 12.4. The molecule has 0 atom stereocenters. The molecule has 4 aromatic carbocycles. The van der Waals surface area contributed by atoms with Crippen LogP contribution in [0.15, 0.2) is 106 Å². The van der Waals surface area contributed by atoms with Crippen LogP contribution in [-0.4, -0.2) is 74.5 Å². The summed E-state index contributed by atoms with van der Waals surface area (Å²) >= 11 is 6.20. The quantitative estimate of drug-likeness (QED) is 0.0892. The van der Waals surface area contributed by atoms with Gasteiger partial charge in [0.1, 0.15) is 5.69 Å². The van der Waals surface area contributed by atoms with E-state index in [1.165, 1.54) is 17.0 Å². The highest BCUT2D eigenvalue weighted by atomic mass is 35.5. The third-order valence-electron chi connectivity index (χ3n) is 7.27. The number of hydrogen-bond donors (Lipinski definition) is 3. The van der Waals surface area contributed by atoms with Crippen LogP contribution in [0.25, 0.3) is 21.5 Å². The van der Waals surface area contributed by atoms with E-state index in [1.54, 1.807) is 6.07 Å².